The first kappa shape index (κ1) is 13.0. The zero-order valence-electron chi connectivity index (χ0n) is 10.0. The Kier molecular flexibility index (Phi) is 3.98. The molecule has 0 aliphatic rings. The second kappa shape index (κ2) is 5.49. The van der Waals surface area contributed by atoms with E-state index < -0.39 is 5.97 Å². The number of thioether (sulfide) groups is 1. The van der Waals surface area contributed by atoms with Gasteiger partial charge in [0.1, 0.15) is 4.88 Å². The van der Waals surface area contributed by atoms with Gasteiger partial charge in [0, 0.05) is 11.9 Å². The molecule has 2 heterocycles. The first-order valence-corrected chi connectivity index (χ1v) is 7.12. The van der Waals surface area contributed by atoms with Crippen molar-refractivity contribution in [3.63, 3.8) is 0 Å². The zero-order valence-corrected chi connectivity index (χ0v) is 11.6. The summed E-state index contributed by atoms with van der Waals surface area (Å²) < 4.78 is 0.773. The summed E-state index contributed by atoms with van der Waals surface area (Å²) in [6, 6.07) is 3.91. The van der Waals surface area contributed by atoms with Gasteiger partial charge >= 0.3 is 5.97 Å². The Morgan fingerprint density at radius 2 is 2.28 bits per heavy atom. The highest BCUT2D eigenvalue weighted by Crippen LogP contribution is 2.29. The van der Waals surface area contributed by atoms with Crippen LogP contribution >= 0.6 is 23.1 Å². The number of aryl methyl sites for hydroxylation is 2. The predicted molar refractivity (Wildman–Crippen MR) is 72.3 cm³/mol. The Hall–Kier alpha value is -1.40. The minimum Gasteiger partial charge on any atom is -0.477 e. The van der Waals surface area contributed by atoms with Crippen molar-refractivity contribution < 1.29 is 9.90 Å². The highest BCUT2D eigenvalue weighted by atomic mass is 32.2. The van der Waals surface area contributed by atoms with E-state index in [0.717, 1.165) is 15.6 Å². The summed E-state index contributed by atoms with van der Waals surface area (Å²) >= 11 is 2.74. The molecule has 0 fully saturated rings. The fourth-order valence-electron chi connectivity index (χ4n) is 1.43. The van der Waals surface area contributed by atoms with E-state index in [-0.39, 0.29) is 0 Å². The highest BCUT2D eigenvalue weighted by Gasteiger charge is 2.14. The van der Waals surface area contributed by atoms with Crippen molar-refractivity contribution in [2.45, 2.75) is 23.9 Å². The average molecular weight is 280 g/mol. The molecule has 94 valence electrons. The summed E-state index contributed by atoms with van der Waals surface area (Å²) in [5.41, 5.74) is 2.72. The minimum atomic E-state index is -0.911. The Morgan fingerprint density at radius 3 is 2.89 bits per heavy atom. The molecule has 18 heavy (non-hydrogen) atoms. The molecule has 2 aromatic heterocycles. The molecule has 0 saturated heterocycles. The normalized spacial score (nSPS) is 10.6. The molecule has 0 saturated carbocycles. The van der Waals surface area contributed by atoms with Gasteiger partial charge < -0.3 is 5.11 Å². The lowest BCUT2D eigenvalue weighted by Crippen LogP contribution is -1.94. The van der Waals surface area contributed by atoms with Crippen molar-refractivity contribution in [3.05, 3.63) is 40.2 Å². The van der Waals surface area contributed by atoms with Gasteiger partial charge in [-0.2, -0.15) is 0 Å². The number of aromatic carboxylic acids is 1. The van der Waals surface area contributed by atoms with Crippen molar-refractivity contribution in [2.24, 2.45) is 0 Å². The molecule has 4 nitrogen and oxygen atoms in total. The topological polar surface area (TPSA) is 63.1 Å². The van der Waals surface area contributed by atoms with Crippen LogP contribution in [0.2, 0.25) is 0 Å². The van der Waals surface area contributed by atoms with Gasteiger partial charge in [0.15, 0.2) is 4.34 Å². The standard InChI is InChI=1S/C12H12N2O2S2/c1-7-4-3-5-13-9(7)6-17-12-14-8(2)10(18-12)11(15)16/h3-5H,6H2,1-2H3,(H,15,16). The summed E-state index contributed by atoms with van der Waals surface area (Å²) in [7, 11) is 0. The predicted octanol–water partition coefficient (Wildman–Crippen LogP) is 3.15. The molecule has 0 amide bonds. The van der Waals surface area contributed by atoms with Gasteiger partial charge in [0.25, 0.3) is 0 Å². The number of hydrogen-bond donors (Lipinski definition) is 1. The Balaban J connectivity index is 2.09. The lowest BCUT2D eigenvalue weighted by molar-refractivity contribution is 0.0701. The maximum Gasteiger partial charge on any atom is 0.347 e. The molecule has 0 radical (unpaired) electrons. The summed E-state index contributed by atoms with van der Waals surface area (Å²) in [5, 5.41) is 8.96. The van der Waals surface area contributed by atoms with E-state index in [2.05, 4.69) is 9.97 Å². The SMILES string of the molecule is Cc1cccnc1CSc1nc(C)c(C(=O)O)s1. The molecule has 0 aliphatic heterocycles. The molecular formula is C12H12N2O2S2. The van der Waals surface area contributed by atoms with Crippen molar-refractivity contribution >= 4 is 29.1 Å². The van der Waals surface area contributed by atoms with E-state index in [4.69, 9.17) is 5.11 Å². The van der Waals surface area contributed by atoms with Gasteiger partial charge in [0.05, 0.1) is 11.4 Å². The van der Waals surface area contributed by atoms with Crippen molar-refractivity contribution in [3.8, 4) is 0 Å². The number of thiazole rings is 1. The van der Waals surface area contributed by atoms with Crippen LogP contribution in [-0.2, 0) is 5.75 Å². The molecule has 2 aromatic rings. The maximum atomic E-state index is 10.9. The first-order valence-electron chi connectivity index (χ1n) is 5.32. The van der Waals surface area contributed by atoms with Crippen molar-refractivity contribution in [2.75, 3.05) is 0 Å². The maximum absolute atomic E-state index is 10.9. The minimum absolute atomic E-state index is 0.315. The van der Waals surface area contributed by atoms with Crippen LogP contribution in [0, 0.1) is 13.8 Å². The van der Waals surface area contributed by atoms with E-state index in [1.807, 2.05) is 19.1 Å². The van der Waals surface area contributed by atoms with Crippen LogP contribution in [-0.4, -0.2) is 21.0 Å². The number of carboxylic acid groups (broad SMARTS) is 1. The number of hydrogen-bond acceptors (Lipinski definition) is 5. The summed E-state index contributed by atoms with van der Waals surface area (Å²) in [6.45, 7) is 3.73. The molecule has 0 bridgehead atoms. The van der Waals surface area contributed by atoms with E-state index in [9.17, 15) is 4.79 Å². The van der Waals surface area contributed by atoms with Crippen LogP contribution in [0.4, 0.5) is 0 Å². The van der Waals surface area contributed by atoms with Crippen LogP contribution in [0.1, 0.15) is 26.6 Å². The van der Waals surface area contributed by atoms with Gasteiger partial charge in [-0.1, -0.05) is 17.8 Å². The Bertz CT molecular complexity index is 581. The van der Waals surface area contributed by atoms with Gasteiger partial charge in [-0.25, -0.2) is 9.78 Å². The first-order chi connectivity index (χ1) is 8.58. The van der Waals surface area contributed by atoms with Crippen LogP contribution < -0.4 is 0 Å². The number of rotatable bonds is 4. The number of carboxylic acids is 1. The number of aromatic nitrogens is 2. The number of pyridine rings is 1. The molecule has 0 spiro atoms. The quantitative estimate of drug-likeness (QED) is 0.872. The van der Waals surface area contributed by atoms with Crippen LogP contribution in [0.15, 0.2) is 22.7 Å². The number of nitrogens with zero attached hydrogens (tertiary/aromatic N) is 2. The van der Waals surface area contributed by atoms with E-state index in [1.54, 1.807) is 13.1 Å². The summed E-state index contributed by atoms with van der Waals surface area (Å²) in [6.07, 6.45) is 1.76. The third kappa shape index (κ3) is 2.88. The molecule has 0 aromatic carbocycles. The average Bonchev–Trinajstić information content (AvgIpc) is 2.70. The monoisotopic (exact) mass is 280 g/mol. The van der Waals surface area contributed by atoms with Crippen LogP contribution in [0.25, 0.3) is 0 Å². The Labute approximate surface area is 113 Å². The molecule has 1 N–H and O–H groups in total. The second-order valence-corrected chi connectivity index (χ2v) is 5.98. The summed E-state index contributed by atoms with van der Waals surface area (Å²) in [5.74, 6) is -0.204. The van der Waals surface area contributed by atoms with Gasteiger partial charge in [0.2, 0.25) is 0 Å². The lowest BCUT2D eigenvalue weighted by Gasteiger charge is -2.01. The fraction of sp³-hybridized carbons (Fsp3) is 0.250. The molecule has 6 heteroatoms. The zero-order chi connectivity index (χ0) is 13.1. The van der Waals surface area contributed by atoms with Gasteiger partial charge in [-0.15, -0.1) is 11.3 Å². The highest BCUT2D eigenvalue weighted by molar-refractivity contribution is 8.00. The fourth-order valence-corrected chi connectivity index (χ4v) is 3.50. The lowest BCUT2D eigenvalue weighted by atomic mass is 10.2. The molecule has 0 unspecified atom stereocenters. The summed E-state index contributed by atoms with van der Waals surface area (Å²) in [4.78, 5) is 19.8. The van der Waals surface area contributed by atoms with Gasteiger partial charge in [-0.05, 0) is 25.5 Å². The third-order valence-corrected chi connectivity index (χ3v) is 4.72. The van der Waals surface area contributed by atoms with E-state index in [1.165, 1.54) is 23.1 Å². The second-order valence-electron chi connectivity index (χ2n) is 3.76. The largest absolute Gasteiger partial charge is 0.477 e. The molecule has 0 atom stereocenters. The van der Waals surface area contributed by atoms with Crippen LogP contribution in [0.5, 0.6) is 0 Å². The molecule has 2 rings (SSSR count). The van der Waals surface area contributed by atoms with Crippen molar-refractivity contribution in [1.29, 1.82) is 0 Å². The molecule has 0 aliphatic carbocycles. The van der Waals surface area contributed by atoms with E-state index >= 15 is 0 Å². The van der Waals surface area contributed by atoms with Gasteiger partial charge in [-0.3, -0.25) is 4.98 Å². The van der Waals surface area contributed by atoms with Crippen LogP contribution in [0.3, 0.4) is 0 Å². The molecular weight excluding hydrogens is 268 g/mol. The van der Waals surface area contributed by atoms with Crippen molar-refractivity contribution in [1.82, 2.24) is 9.97 Å². The Morgan fingerprint density at radius 1 is 1.50 bits per heavy atom. The van der Waals surface area contributed by atoms with E-state index in [0.29, 0.717) is 16.3 Å². The third-order valence-electron chi connectivity index (χ3n) is 2.42. The smallest absolute Gasteiger partial charge is 0.347 e. The number of carbonyl (C=O) groups is 1.